The highest BCUT2D eigenvalue weighted by Crippen LogP contribution is 2.14. The maximum atomic E-state index is 10.3. The molecule has 0 amide bonds. The Hall–Kier alpha value is -1.55. The molecule has 0 radical (unpaired) electrons. The lowest BCUT2D eigenvalue weighted by Crippen LogP contribution is -1.95. The molecule has 0 fully saturated rings. The lowest BCUT2D eigenvalue weighted by atomic mass is 10.2. The summed E-state index contributed by atoms with van der Waals surface area (Å²) in [5, 5.41) is 17.3. The number of carboxylic acids is 1. The van der Waals surface area contributed by atoms with Crippen LogP contribution in [0.3, 0.4) is 0 Å². The lowest BCUT2D eigenvalue weighted by molar-refractivity contribution is 0.0694. The molecule has 0 unspecified atom stereocenters. The van der Waals surface area contributed by atoms with Crippen LogP contribution in [0.15, 0.2) is 24.3 Å². The molecule has 0 saturated carbocycles. The number of rotatable bonds is 1. The standard InChI is InChI=1S/C7H6O3.H3N/c8-6-4-2-1-3-5(6)7(9)10;/h1-4,8H,(H,9,10);1H3/p+1. The van der Waals surface area contributed by atoms with E-state index in [0.29, 0.717) is 0 Å². The minimum Gasteiger partial charge on any atom is -0.507 e. The van der Waals surface area contributed by atoms with Crippen molar-refractivity contribution in [3.8, 4) is 5.75 Å². The Bertz CT molecular complexity index is 260. The van der Waals surface area contributed by atoms with Gasteiger partial charge in [0.1, 0.15) is 11.3 Å². The fourth-order valence-electron chi connectivity index (χ4n) is 0.654. The van der Waals surface area contributed by atoms with Crippen molar-refractivity contribution in [2.75, 3.05) is 0 Å². The van der Waals surface area contributed by atoms with Gasteiger partial charge in [-0.1, -0.05) is 12.1 Å². The highest BCUT2D eigenvalue weighted by atomic mass is 16.4. The van der Waals surface area contributed by atoms with E-state index in [4.69, 9.17) is 10.2 Å². The van der Waals surface area contributed by atoms with Gasteiger partial charge in [-0.25, -0.2) is 4.79 Å². The van der Waals surface area contributed by atoms with Crippen LogP contribution in [0.25, 0.3) is 0 Å². The zero-order chi connectivity index (χ0) is 7.56. The third-order valence-corrected chi connectivity index (χ3v) is 1.13. The van der Waals surface area contributed by atoms with E-state index in [9.17, 15) is 4.79 Å². The molecule has 1 rings (SSSR count). The van der Waals surface area contributed by atoms with Crippen LogP contribution in [-0.4, -0.2) is 16.2 Å². The van der Waals surface area contributed by atoms with E-state index in [0.717, 1.165) is 0 Å². The van der Waals surface area contributed by atoms with Crippen LogP contribution >= 0.6 is 0 Å². The van der Waals surface area contributed by atoms with Gasteiger partial charge in [-0.15, -0.1) is 0 Å². The van der Waals surface area contributed by atoms with Gasteiger partial charge in [-0.3, -0.25) is 0 Å². The van der Waals surface area contributed by atoms with Crippen molar-refractivity contribution in [3.05, 3.63) is 29.8 Å². The topological polar surface area (TPSA) is 94.0 Å². The largest absolute Gasteiger partial charge is 0.507 e. The molecular weight excluding hydrogens is 146 g/mol. The number of para-hydroxylation sites is 1. The Balaban J connectivity index is 0.000001000. The maximum Gasteiger partial charge on any atom is 0.339 e. The summed E-state index contributed by atoms with van der Waals surface area (Å²) in [6.07, 6.45) is 0. The molecule has 1 aromatic carbocycles. The number of hydrogen-bond acceptors (Lipinski definition) is 2. The van der Waals surface area contributed by atoms with E-state index < -0.39 is 5.97 Å². The van der Waals surface area contributed by atoms with Gasteiger partial charge in [0.15, 0.2) is 0 Å². The Morgan fingerprint density at radius 1 is 1.27 bits per heavy atom. The van der Waals surface area contributed by atoms with Gasteiger partial charge in [-0.2, -0.15) is 0 Å². The first-order chi connectivity index (χ1) is 4.72. The van der Waals surface area contributed by atoms with Crippen LogP contribution in [-0.2, 0) is 0 Å². The zero-order valence-corrected chi connectivity index (χ0v) is 6.11. The summed E-state index contributed by atoms with van der Waals surface area (Å²) in [4.78, 5) is 10.3. The second-order valence-corrected chi connectivity index (χ2v) is 1.82. The summed E-state index contributed by atoms with van der Waals surface area (Å²) in [5.74, 6) is -1.31. The second kappa shape index (κ2) is 3.58. The Labute approximate surface area is 63.7 Å². The second-order valence-electron chi connectivity index (χ2n) is 1.82. The summed E-state index contributed by atoms with van der Waals surface area (Å²) >= 11 is 0. The zero-order valence-electron chi connectivity index (χ0n) is 6.11. The number of carbonyl (C=O) groups is 1. The minimum atomic E-state index is -1.11. The maximum absolute atomic E-state index is 10.3. The Morgan fingerprint density at radius 2 is 1.82 bits per heavy atom. The number of benzene rings is 1. The van der Waals surface area contributed by atoms with Gasteiger partial charge in [-0.05, 0) is 12.1 Å². The molecule has 0 bridgehead atoms. The van der Waals surface area contributed by atoms with Crippen LogP contribution in [0.4, 0.5) is 0 Å². The summed E-state index contributed by atoms with van der Waals surface area (Å²) in [5.41, 5.74) is -0.0671. The summed E-state index contributed by atoms with van der Waals surface area (Å²) in [6, 6.07) is 5.81. The number of aromatic carboxylic acids is 1. The van der Waals surface area contributed by atoms with Crippen molar-refractivity contribution in [3.63, 3.8) is 0 Å². The normalized spacial score (nSPS) is 8.36. The van der Waals surface area contributed by atoms with E-state index in [2.05, 4.69) is 0 Å². The monoisotopic (exact) mass is 156 g/mol. The fourth-order valence-corrected chi connectivity index (χ4v) is 0.654. The average Bonchev–Trinajstić information content (AvgIpc) is 1.88. The van der Waals surface area contributed by atoms with Crippen LogP contribution in [0.1, 0.15) is 10.4 Å². The third-order valence-electron chi connectivity index (χ3n) is 1.13. The number of carboxylic acid groups (broad SMARTS) is 1. The van der Waals surface area contributed by atoms with E-state index in [1.807, 2.05) is 0 Å². The fraction of sp³-hybridized carbons (Fsp3) is 0. The van der Waals surface area contributed by atoms with Gasteiger partial charge >= 0.3 is 5.97 Å². The summed E-state index contributed by atoms with van der Waals surface area (Å²) in [7, 11) is 0. The van der Waals surface area contributed by atoms with E-state index in [1.165, 1.54) is 12.1 Å². The van der Waals surface area contributed by atoms with E-state index >= 15 is 0 Å². The van der Waals surface area contributed by atoms with E-state index in [1.54, 1.807) is 12.1 Å². The molecule has 1 aromatic rings. The predicted octanol–water partition coefficient (Wildman–Crippen LogP) is 1.47. The molecule has 0 aromatic heterocycles. The number of phenols is 1. The molecule has 11 heavy (non-hydrogen) atoms. The van der Waals surface area contributed by atoms with Crippen molar-refractivity contribution in [1.29, 1.82) is 0 Å². The van der Waals surface area contributed by atoms with Gasteiger partial charge in [0, 0.05) is 0 Å². The van der Waals surface area contributed by atoms with Gasteiger partial charge < -0.3 is 16.4 Å². The molecular formula is C7H10NO3+. The van der Waals surface area contributed by atoms with Crippen molar-refractivity contribution >= 4 is 5.97 Å². The van der Waals surface area contributed by atoms with Crippen molar-refractivity contribution < 1.29 is 15.0 Å². The predicted molar refractivity (Wildman–Crippen MR) is 41.1 cm³/mol. The average molecular weight is 156 g/mol. The molecule has 6 N–H and O–H groups in total. The molecule has 0 aliphatic heterocycles. The van der Waals surface area contributed by atoms with Crippen LogP contribution < -0.4 is 6.15 Å². The minimum absolute atomic E-state index is 0. The molecule has 0 spiro atoms. The number of quaternary nitrogens is 1. The smallest absolute Gasteiger partial charge is 0.339 e. The lowest BCUT2D eigenvalue weighted by Gasteiger charge is -1.95. The van der Waals surface area contributed by atoms with E-state index in [-0.39, 0.29) is 17.5 Å². The number of hydrogen-bond donors (Lipinski definition) is 3. The number of aromatic hydroxyl groups is 1. The van der Waals surface area contributed by atoms with Crippen LogP contribution in [0.5, 0.6) is 5.75 Å². The molecule has 60 valence electrons. The highest BCUT2D eigenvalue weighted by molar-refractivity contribution is 5.90. The van der Waals surface area contributed by atoms with Crippen molar-refractivity contribution in [2.24, 2.45) is 0 Å². The van der Waals surface area contributed by atoms with Gasteiger partial charge in [0.25, 0.3) is 0 Å². The van der Waals surface area contributed by atoms with Gasteiger partial charge in [0.05, 0.1) is 0 Å². The Morgan fingerprint density at radius 3 is 2.18 bits per heavy atom. The Kier molecular flexibility index (Phi) is 3.07. The summed E-state index contributed by atoms with van der Waals surface area (Å²) in [6.45, 7) is 0. The molecule has 0 heterocycles. The van der Waals surface area contributed by atoms with Gasteiger partial charge in [0.2, 0.25) is 0 Å². The molecule has 4 nitrogen and oxygen atoms in total. The molecule has 0 atom stereocenters. The molecule has 4 heteroatoms. The summed E-state index contributed by atoms with van der Waals surface area (Å²) < 4.78 is 0. The first-order valence-electron chi connectivity index (χ1n) is 2.73. The van der Waals surface area contributed by atoms with Crippen LogP contribution in [0.2, 0.25) is 0 Å². The molecule has 0 aliphatic carbocycles. The third kappa shape index (κ3) is 1.94. The van der Waals surface area contributed by atoms with Crippen LogP contribution in [0, 0.1) is 0 Å². The first kappa shape index (κ1) is 9.45. The SMILES string of the molecule is O=C(O)c1ccccc1O.[NH4+]. The van der Waals surface area contributed by atoms with Crippen molar-refractivity contribution in [1.82, 2.24) is 6.15 Å². The molecule has 0 saturated heterocycles. The van der Waals surface area contributed by atoms with Crippen molar-refractivity contribution in [2.45, 2.75) is 0 Å². The highest BCUT2D eigenvalue weighted by Gasteiger charge is 2.05. The quantitative estimate of drug-likeness (QED) is 0.574. The molecule has 0 aliphatic rings. The first-order valence-corrected chi connectivity index (χ1v) is 2.73.